The van der Waals surface area contributed by atoms with Gasteiger partial charge in [0.1, 0.15) is 0 Å². The van der Waals surface area contributed by atoms with E-state index in [4.69, 9.17) is 6.42 Å². The van der Waals surface area contributed by atoms with Crippen LogP contribution >= 0.6 is 0 Å². The lowest BCUT2D eigenvalue weighted by Crippen LogP contribution is -2.27. The molecule has 3 aromatic rings. The highest BCUT2D eigenvalue weighted by molar-refractivity contribution is 7.89. The molecule has 0 aliphatic heterocycles. The lowest BCUT2D eigenvalue weighted by atomic mass is 10.1. The van der Waals surface area contributed by atoms with Gasteiger partial charge < -0.3 is 10.6 Å². The Hall–Kier alpha value is -3.93. The Labute approximate surface area is 193 Å². The Kier molecular flexibility index (Phi) is 7.61. The van der Waals surface area contributed by atoms with Gasteiger partial charge in [0.05, 0.1) is 17.5 Å². The summed E-state index contributed by atoms with van der Waals surface area (Å²) in [5, 5.41) is 5.72. The summed E-state index contributed by atoms with van der Waals surface area (Å²) < 4.78 is 26.5. The highest BCUT2D eigenvalue weighted by Gasteiger charge is 2.16. The SMILES string of the molecule is C#CCNS(=O)(=O)c1ccc(C(=O)NC(C)c2cccc(NC(=O)c3ccccc3)c2)cc1. The van der Waals surface area contributed by atoms with Crippen LogP contribution in [0, 0.1) is 12.3 Å². The van der Waals surface area contributed by atoms with E-state index in [0.29, 0.717) is 16.8 Å². The lowest BCUT2D eigenvalue weighted by Gasteiger charge is -2.16. The Bertz CT molecular complexity index is 1280. The van der Waals surface area contributed by atoms with Gasteiger partial charge >= 0.3 is 0 Å². The standard InChI is InChI=1S/C25H23N3O4S/c1-3-16-26-33(31,32)23-14-12-20(13-15-23)24(29)27-18(2)21-10-7-11-22(17-21)28-25(30)19-8-5-4-6-9-19/h1,4-15,17-18,26H,16H2,2H3,(H,27,29)(H,28,30). The third-order valence-corrected chi connectivity index (χ3v) is 6.24. The molecule has 0 aliphatic carbocycles. The van der Waals surface area contributed by atoms with E-state index in [0.717, 1.165) is 5.56 Å². The summed E-state index contributed by atoms with van der Waals surface area (Å²) in [6.07, 6.45) is 5.08. The van der Waals surface area contributed by atoms with Crippen LogP contribution in [0.5, 0.6) is 0 Å². The number of amides is 2. The number of hydrogen-bond donors (Lipinski definition) is 3. The molecule has 0 radical (unpaired) electrons. The summed E-state index contributed by atoms with van der Waals surface area (Å²) in [6.45, 7) is 1.70. The normalized spacial score (nSPS) is 11.8. The number of anilines is 1. The molecule has 7 nitrogen and oxygen atoms in total. The summed E-state index contributed by atoms with van der Waals surface area (Å²) in [4.78, 5) is 25.0. The van der Waals surface area contributed by atoms with Crippen LogP contribution in [0.25, 0.3) is 0 Å². The third-order valence-electron chi connectivity index (χ3n) is 4.82. The van der Waals surface area contributed by atoms with Crippen LogP contribution in [0.3, 0.4) is 0 Å². The van der Waals surface area contributed by atoms with Gasteiger partial charge in [-0.15, -0.1) is 6.42 Å². The number of terminal acetylenes is 1. The predicted octanol–water partition coefficient (Wildman–Crippen LogP) is 3.34. The largest absolute Gasteiger partial charge is 0.346 e. The zero-order valence-corrected chi connectivity index (χ0v) is 18.7. The minimum absolute atomic E-state index is 0.0178. The molecular weight excluding hydrogens is 438 g/mol. The van der Waals surface area contributed by atoms with E-state index in [-0.39, 0.29) is 29.3 Å². The van der Waals surface area contributed by atoms with E-state index in [9.17, 15) is 18.0 Å². The molecule has 0 fully saturated rings. The molecular formula is C25H23N3O4S. The highest BCUT2D eigenvalue weighted by Crippen LogP contribution is 2.19. The number of benzene rings is 3. The van der Waals surface area contributed by atoms with Crippen molar-refractivity contribution in [2.45, 2.75) is 17.9 Å². The number of hydrogen-bond acceptors (Lipinski definition) is 4. The van der Waals surface area contributed by atoms with Crippen LogP contribution in [0.4, 0.5) is 5.69 Å². The molecule has 0 aliphatic rings. The predicted molar refractivity (Wildman–Crippen MR) is 127 cm³/mol. The summed E-state index contributed by atoms with van der Waals surface area (Å²) in [5.41, 5.74) is 2.26. The second-order valence-corrected chi connectivity index (χ2v) is 8.96. The zero-order valence-electron chi connectivity index (χ0n) is 17.9. The number of rotatable bonds is 8. The average molecular weight is 462 g/mol. The van der Waals surface area contributed by atoms with E-state index >= 15 is 0 Å². The topological polar surface area (TPSA) is 104 Å². The van der Waals surface area contributed by atoms with Crippen molar-refractivity contribution in [2.24, 2.45) is 0 Å². The van der Waals surface area contributed by atoms with Crippen LogP contribution in [0.2, 0.25) is 0 Å². The van der Waals surface area contributed by atoms with Gasteiger partial charge in [-0.3, -0.25) is 9.59 Å². The minimum atomic E-state index is -3.72. The molecule has 33 heavy (non-hydrogen) atoms. The molecule has 2 amide bonds. The van der Waals surface area contributed by atoms with Crippen molar-refractivity contribution in [1.82, 2.24) is 10.0 Å². The van der Waals surface area contributed by atoms with E-state index < -0.39 is 10.0 Å². The van der Waals surface area contributed by atoms with Crippen LogP contribution < -0.4 is 15.4 Å². The second kappa shape index (κ2) is 10.6. The van der Waals surface area contributed by atoms with Crippen molar-refractivity contribution < 1.29 is 18.0 Å². The van der Waals surface area contributed by atoms with Gasteiger partial charge in [0.25, 0.3) is 11.8 Å². The van der Waals surface area contributed by atoms with Crippen molar-refractivity contribution in [3.8, 4) is 12.3 Å². The van der Waals surface area contributed by atoms with Crippen LogP contribution in [-0.2, 0) is 10.0 Å². The lowest BCUT2D eigenvalue weighted by molar-refractivity contribution is 0.0939. The van der Waals surface area contributed by atoms with Crippen molar-refractivity contribution in [3.63, 3.8) is 0 Å². The summed E-state index contributed by atoms with van der Waals surface area (Å²) in [6, 6.07) is 21.3. The van der Waals surface area contributed by atoms with Gasteiger partial charge in [-0.1, -0.05) is 36.3 Å². The first-order chi connectivity index (χ1) is 15.8. The molecule has 3 aromatic carbocycles. The van der Waals surface area contributed by atoms with Crippen LogP contribution in [-0.4, -0.2) is 26.8 Å². The number of carbonyl (C=O) groups is 2. The van der Waals surface area contributed by atoms with Crippen molar-refractivity contribution in [3.05, 3.63) is 95.6 Å². The molecule has 3 N–H and O–H groups in total. The molecule has 0 spiro atoms. The van der Waals surface area contributed by atoms with Crippen molar-refractivity contribution in [1.29, 1.82) is 0 Å². The molecule has 0 saturated carbocycles. The highest BCUT2D eigenvalue weighted by atomic mass is 32.2. The molecule has 0 heterocycles. The van der Waals surface area contributed by atoms with E-state index in [1.165, 1.54) is 24.3 Å². The number of carbonyl (C=O) groups excluding carboxylic acids is 2. The molecule has 168 valence electrons. The molecule has 8 heteroatoms. The summed E-state index contributed by atoms with van der Waals surface area (Å²) in [5.74, 6) is 1.62. The maximum Gasteiger partial charge on any atom is 0.255 e. The van der Waals surface area contributed by atoms with E-state index in [2.05, 4.69) is 21.3 Å². The molecule has 0 aromatic heterocycles. The summed E-state index contributed by atoms with van der Waals surface area (Å²) in [7, 11) is -3.72. The van der Waals surface area contributed by atoms with Gasteiger partial charge in [0.2, 0.25) is 10.0 Å². The average Bonchev–Trinajstić information content (AvgIpc) is 2.83. The first-order valence-electron chi connectivity index (χ1n) is 10.1. The quantitative estimate of drug-likeness (QED) is 0.448. The second-order valence-electron chi connectivity index (χ2n) is 7.19. The van der Waals surface area contributed by atoms with E-state index in [1.807, 2.05) is 19.1 Å². The maximum absolute atomic E-state index is 12.6. The minimum Gasteiger partial charge on any atom is -0.346 e. The maximum atomic E-state index is 12.6. The first-order valence-corrected chi connectivity index (χ1v) is 11.6. The van der Waals surface area contributed by atoms with Crippen LogP contribution in [0.15, 0.2) is 83.8 Å². The van der Waals surface area contributed by atoms with Gasteiger partial charge in [0.15, 0.2) is 0 Å². The fourth-order valence-corrected chi connectivity index (χ4v) is 3.98. The molecule has 3 rings (SSSR count). The molecule has 0 bridgehead atoms. The Morgan fingerprint density at radius 3 is 2.24 bits per heavy atom. The Morgan fingerprint density at radius 1 is 0.909 bits per heavy atom. The van der Waals surface area contributed by atoms with Crippen molar-refractivity contribution >= 4 is 27.5 Å². The van der Waals surface area contributed by atoms with Gasteiger partial charge in [-0.25, -0.2) is 8.42 Å². The van der Waals surface area contributed by atoms with Crippen molar-refractivity contribution in [2.75, 3.05) is 11.9 Å². The molecule has 1 unspecified atom stereocenters. The smallest absolute Gasteiger partial charge is 0.255 e. The third kappa shape index (κ3) is 6.29. The monoisotopic (exact) mass is 461 g/mol. The molecule has 1 atom stereocenters. The first kappa shape index (κ1) is 23.7. The zero-order chi connectivity index (χ0) is 23.8. The van der Waals surface area contributed by atoms with Gasteiger partial charge in [-0.2, -0.15) is 4.72 Å². The Morgan fingerprint density at radius 2 is 1.58 bits per heavy atom. The van der Waals surface area contributed by atoms with E-state index in [1.54, 1.807) is 42.5 Å². The number of nitrogens with one attached hydrogen (secondary N) is 3. The fraction of sp³-hybridized carbons (Fsp3) is 0.120. The number of sulfonamides is 1. The van der Waals surface area contributed by atoms with Gasteiger partial charge in [-0.05, 0) is 61.0 Å². The fourth-order valence-electron chi connectivity index (χ4n) is 3.05. The molecule has 0 saturated heterocycles. The summed E-state index contributed by atoms with van der Waals surface area (Å²) >= 11 is 0. The Balaban J connectivity index is 1.66. The van der Waals surface area contributed by atoms with Crippen LogP contribution in [0.1, 0.15) is 39.2 Å². The van der Waals surface area contributed by atoms with Gasteiger partial charge in [0, 0.05) is 16.8 Å².